The van der Waals surface area contributed by atoms with Gasteiger partial charge in [0, 0.05) is 31.8 Å². The highest BCUT2D eigenvalue weighted by Crippen LogP contribution is 2.44. The Kier molecular flexibility index (Phi) is 5.77. The van der Waals surface area contributed by atoms with E-state index < -0.39 is 6.09 Å². The number of piperidine rings is 1. The molecule has 0 radical (unpaired) electrons. The van der Waals surface area contributed by atoms with Crippen molar-refractivity contribution in [1.82, 2.24) is 4.98 Å². The minimum Gasteiger partial charge on any atom is -0.448 e. The lowest BCUT2D eigenvalue weighted by Crippen LogP contribution is -2.36. The number of nitrogens with zero attached hydrogens (tertiary/aromatic N) is 2. The summed E-state index contributed by atoms with van der Waals surface area (Å²) in [6.07, 6.45) is 3.08. The van der Waals surface area contributed by atoms with Crippen molar-refractivity contribution in [2.24, 2.45) is 5.92 Å². The third-order valence-corrected chi connectivity index (χ3v) is 6.54. The fourth-order valence-corrected chi connectivity index (χ4v) is 4.82. The number of pyridine rings is 1. The summed E-state index contributed by atoms with van der Waals surface area (Å²) in [5.74, 6) is 1.12. The Bertz CT molecular complexity index is 1060. The van der Waals surface area contributed by atoms with Gasteiger partial charge in [-0.2, -0.15) is 0 Å². The van der Waals surface area contributed by atoms with Gasteiger partial charge in [0.2, 0.25) is 0 Å². The van der Waals surface area contributed by atoms with Gasteiger partial charge >= 0.3 is 6.09 Å². The minimum atomic E-state index is -0.480. The maximum Gasteiger partial charge on any atom is 0.411 e. The molecular formula is C26H27N3O3. The van der Waals surface area contributed by atoms with Gasteiger partial charge in [-0.15, -0.1) is 0 Å². The SMILES string of the molecule is O=C(Nc1cccnc1N1CCC(CO)CC1)OCC1c2ccccc2-c2ccccc21. The van der Waals surface area contributed by atoms with Crippen LogP contribution in [0.3, 0.4) is 0 Å². The number of hydrogen-bond donors (Lipinski definition) is 2. The number of aliphatic hydroxyl groups is 1. The molecule has 164 valence electrons. The molecule has 1 aromatic heterocycles. The fourth-order valence-electron chi connectivity index (χ4n) is 4.82. The number of benzene rings is 2. The Morgan fingerprint density at radius 3 is 2.31 bits per heavy atom. The van der Waals surface area contributed by atoms with E-state index in [1.807, 2.05) is 36.4 Å². The molecular weight excluding hydrogens is 402 g/mol. The predicted octanol–water partition coefficient (Wildman–Crippen LogP) is 4.65. The molecule has 0 spiro atoms. The summed E-state index contributed by atoms with van der Waals surface area (Å²) in [5.41, 5.74) is 5.44. The molecule has 6 nitrogen and oxygen atoms in total. The number of aromatic nitrogens is 1. The van der Waals surface area contributed by atoms with Crippen molar-refractivity contribution in [2.75, 3.05) is 36.5 Å². The molecule has 2 heterocycles. The van der Waals surface area contributed by atoms with Crippen LogP contribution in [-0.2, 0) is 4.74 Å². The number of carbonyl (C=O) groups excluding carboxylic acids is 1. The Morgan fingerprint density at radius 1 is 1.00 bits per heavy atom. The second-order valence-electron chi connectivity index (χ2n) is 8.44. The summed E-state index contributed by atoms with van der Waals surface area (Å²) < 4.78 is 5.69. The first-order valence-electron chi connectivity index (χ1n) is 11.2. The number of fused-ring (bicyclic) bond motifs is 3. The lowest BCUT2D eigenvalue weighted by molar-refractivity contribution is 0.158. The molecule has 1 fully saturated rings. The quantitative estimate of drug-likeness (QED) is 0.618. The van der Waals surface area contributed by atoms with Crippen LogP contribution in [-0.4, -0.2) is 42.5 Å². The monoisotopic (exact) mass is 429 g/mol. The zero-order chi connectivity index (χ0) is 21.9. The topological polar surface area (TPSA) is 74.7 Å². The predicted molar refractivity (Wildman–Crippen MR) is 125 cm³/mol. The highest BCUT2D eigenvalue weighted by molar-refractivity contribution is 5.89. The van der Waals surface area contributed by atoms with Gasteiger partial charge in [-0.3, -0.25) is 5.32 Å². The molecule has 3 aromatic rings. The van der Waals surface area contributed by atoms with Gasteiger partial charge < -0.3 is 14.7 Å². The summed E-state index contributed by atoms with van der Waals surface area (Å²) >= 11 is 0. The van der Waals surface area contributed by atoms with Crippen molar-refractivity contribution >= 4 is 17.6 Å². The molecule has 0 bridgehead atoms. The third-order valence-electron chi connectivity index (χ3n) is 6.54. The normalized spacial score (nSPS) is 15.8. The molecule has 2 aromatic carbocycles. The van der Waals surface area contributed by atoms with Crippen molar-refractivity contribution in [1.29, 1.82) is 0 Å². The minimum absolute atomic E-state index is 0.0269. The molecule has 2 N–H and O–H groups in total. The first kappa shape index (κ1) is 20.5. The number of anilines is 2. The molecule has 0 atom stereocenters. The number of rotatable bonds is 5. The van der Waals surface area contributed by atoms with Crippen LogP contribution in [0.5, 0.6) is 0 Å². The van der Waals surface area contributed by atoms with Crippen LogP contribution in [0.2, 0.25) is 0 Å². The van der Waals surface area contributed by atoms with Gasteiger partial charge in [-0.25, -0.2) is 9.78 Å². The standard InChI is InChI=1S/C26H27N3O3/c30-16-18-11-14-29(15-12-18)25-24(10-5-13-27-25)28-26(31)32-17-23-21-8-3-1-6-19(21)20-7-2-4-9-22(20)23/h1-10,13,18,23,30H,11-12,14-17H2,(H,28,31). The number of ether oxygens (including phenoxy) is 1. The van der Waals surface area contributed by atoms with Gasteiger partial charge in [0.15, 0.2) is 5.82 Å². The molecule has 2 aliphatic rings. The van der Waals surface area contributed by atoms with E-state index in [0.717, 1.165) is 31.7 Å². The summed E-state index contributed by atoms with van der Waals surface area (Å²) in [4.78, 5) is 19.4. The molecule has 1 aliphatic heterocycles. The molecule has 32 heavy (non-hydrogen) atoms. The van der Waals surface area contributed by atoms with Crippen molar-refractivity contribution in [2.45, 2.75) is 18.8 Å². The Labute approximate surface area is 187 Å². The van der Waals surface area contributed by atoms with E-state index in [1.54, 1.807) is 6.20 Å². The van der Waals surface area contributed by atoms with Gasteiger partial charge in [0.1, 0.15) is 6.61 Å². The van der Waals surface area contributed by atoms with Crippen LogP contribution in [0, 0.1) is 5.92 Å². The van der Waals surface area contributed by atoms with E-state index in [1.165, 1.54) is 22.3 Å². The first-order chi connectivity index (χ1) is 15.7. The molecule has 1 aliphatic carbocycles. The molecule has 0 unspecified atom stereocenters. The number of aliphatic hydroxyl groups excluding tert-OH is 1. The van der Waals surface area contributed by atoms with Crippen molar-refractivity contribution in [3.05, 3.63) is 78.0 Å². The zero-order valence-corrected chi connectivity index (χ0v) is 17.9. The van der Waals surface area contributed by atoms with E-state index in [0.29, 0.717) is 11.6 Å². The lowest BCUT2D eigenvalue weighted by atomic mass is 9.98. The summed E-state index contributed by atoms with van der Waals surface area (Å²) in [6, 6.07) is 20.3. The largest absolute Gasteiger partial charge is 0.448 e. The van der Waals surface area contributed by atoms with Crippen LogP contribution in [0.15, 0.2) is 66.9 Å². The van der Waals surface area contributed by atoms with Crippen LogP contribution in [0.4, 0.5) is 16.3 Å². The van der Waals surface area contributed by atoms with E-state index in [9.17, 15) is 9.90 Å². The van der Waals surface area contributed by atoms with Crippen molar-refractivity contribution in [3.8, 4) is 11.1 Å². The Balaban J connectivity index is 1.27. The second-order valence-corrected chi connectivity index (χ2v) is 8.44. The van der Waals surface area contributed by atoms with Crippen LogP contribution in [0.25, 0.3) is 11.1 Å². The van der Waals surface area contributed by atoms with Crippen LogP contribution >= 0.6 is 0 Å². The van der Waals surface area contributed by atoms with Crippen LogP contribution in [0.1, 0.15) is 29.9 Å². The molecule has 1 saturated heterocycles. The average Bonchev–Trinajstić information content (AvgIpc) is 3.17. The number of amides is 1. The van der Waals surface area contributed by atoms with Crippen molar-refractivity contribution < 1.29 is 14.6 Å². The van der Waals surface area contributed by atoms with Crippen LogP contribution < -0.4 is 10.2 Å². The second kappa shape index (κ2) is 9.01. The average molecular weight is 430 g/mol. The number of nitrogens with one attached hydrogen (secondary N) is 1. The number of carbonyl (C=O) groups is 1. The Hall–Kier alpha value is -3.38. The van der Waals surface area contributed by atoms with Gasteiger partial charge in [-0.1, -0.05) is 48.5 Å². The fraction of sp³-hybridized carbons (Fsp3) is 0.308. The van der Waals surface area contributed by atoms with Gasteiger partial charge in [-0.05, 0) is 53.1 Å². The van der Waals surface area contributed by atoms with Crippen molar-refractivity contribution in [3.63, 3.8) is 0 Å². The number of hydrogen-bond acceptors (Lipinski definition) is 5. The van der Waals surface area contributed by atoms with Gasteiger partial charge in [0.05, 0.1) is 5.69 Å². The summed E-state index contributed by atoms with van der Waals surface area (Å²) in [5, 5.41) is 12.3. The smallest absolute Gasteiger partial charge is 0.411 e. The maximum atomic E-state index is 12.7. The molecule has 1 amide bonds. The van der Waals surface area contributed by atoms with E-state index >= 15 is 0 Å². The highest BCUT2D eigenvalue weighted by atomic mass is 16.5. The molecule has 6 heteroatoms. The Morgan fingerprint density at radius 2 is 1.66 bits per heavy atom. The van der Waals surface area contributed by atoms with Gasteiger partial charge in [0.25, 0.3) is 0 Å². The lowest BCUT2D eigenvalue weighted by Gasteiger charge is -2.33. The molecule has 5 rings (SSSR count). The maximum absolute atomic E-state index is 12.7. The zero-order valence-electron chi connectivity index (χ0n) is 17.9. The first-order valence-corrected chi connectivity index (χ1v) is 11.2. The van der Waals surface area contributed by atoms with E-state index in [4.69, 9.17) is 4.74 Å². The third kappa shape index (κ3) is 3.94. The summed E-state index contributed by atoms with van der Waals surface area (Å²) in [6.45, 7) is 2.11. The molecule has 0 saturated carbocycles. The highest BCUT2D eigenvalue weighted by Gasteiger charge is 2.29. The van der Waals surface area contributed by atoms with E-state index in [2.05, 4.69) is 39.5 Å². The van der Waals surface area contributed by atoms with E-state index in [-0.39, 0.29) is 19.1 Å². The summed E-state index contributed by atoms with van der Waals surface area (Å²) in [7, 11) is 0.